The Kier molecular flexibility index (Phi) is 5.21. The molecular weight excluding hydrogens is 392 g/mol. The minimum atomic E-state index is -0.498. The Hall–Kier alpha value is -3.72. The van der Waals surface area contributed by atoms with Gasteiger partial charge in [-0.2, -0.15) is 0 Å². The minimum absolute atomic E-state index is 0.164. The Morgan fingerprint density at radius 3 is 2.79 bits per heavy atom. The van der Waals surface area contributed by atoms with E-state index in [0.717, 1.165) is 4.88 Å². The largest absolute Gasteiger partial charge is 0.467 e. The van der Waals surface area contributed by atoms with Gasteiger partial charge in [0.2, 0.25) is 0 Å². The summed E-state index contributed by atoms with van der Waals surface area (Å²) in [5.41, 5.74) is 0.423. The Morgan fingerprint density at radius 2 is 2.14 bits per heavy atom. The predicted octanol–water partition coefficient (Wildman–Crippen LogP) is 4.28. The van der Waals surface area contributed by atoms with E-state index < -0.39 is 4.92 Å². The van der Waals surface area contributed by atoms with Gasteiger partial charge in [0.05, 0.1) is 30.6 Å². The van der Waals surface area contributed by atoms with Crippen LogP contribution in [0.1, 0.15) is 21.0 Å². The predicted molar refractivity (Wildman–Crippen MR) is 107 cm³/mol. The number of thiophene rings is 1. The van der Waals surface area contributed by atoms with Gasteiger partial charge in [0.15, 0.2) is 0 Å². The highest BCUT2D eigenvalue weighted by Gasteiger charge is 2.23. The molecule has 9 heteroatoms. The summed E-state index contributed by atoms with van der Waals surface area (Å²) in [5.74, 6) is 0.328. The van der Waals surface area contributed by atoms with Crippen LogP contribution in [0.4, 0.5) is 5.69 Å². The van der Waals surface area contributed by atoms with Crippen molar-refractivity contribution in [2.75, 3.05) is 0 Å². The van der Waals surface area contributed by atoms with Crippen LogP contribution in [0.3, 0.4) is 0 Å². The second kappa shape index (κ2) is 8.11. The van der Waals surface area contributed by atoms with Gasteiger partial charge in [-0.3, -0.25) is 14.9 Å². The lowest BCUT2D eigenvalue weighted by Crippen LogP contribution is -2.29. The summed E-state index contributed by atoms with van der Waals surface area (Å²) in [4.78, 5) is 30.9. The quantitative estimate of drug-likeness (QED) is 0.336. The third-order valence-electron chi connectivity index (χ3n) is 4.34. The lowest BCUT2D eigenvalue weighted by Gasteiger charge is -2.21. The average Bonchev–Trinajstić information content (AvgIpc) is 3.49. The molecule has 0 saturated carbocycles. The van der Waals surface area contributed by atoms with Crippen LogP contribution in [-0.4, -0.2) is 25.3 Å². The zero-order valence-corrected chi connectivity index (χ0v) is 16.0. The first kappa shape index (κ1) is 18.6. The number of carbonyl (C=O) groups is 1. The van der Waals surface area contributed by atoms with Crippen molar-refractivity contribution < 1.29 is 14.1 Å². The van der Waals surface area contributed by atoms with E-state index in [2.05, 4.69) is 4.98 Å². The molecule has 1 aromatic carbocycles. The molecule has 0 N–H and O–H groups in total. The molecule has 0 radical (unpaired) electrons. The number of aromatic nitrogens is 2. The normalized spacial score (nSPS) is 10.8. The molecule has 146 valence electrons. The molecule has 0 fully saturated rings. The van der Waals surface area contributed by atoms with Crippen molar-refractivity contribution in [1.82, 2.24) is 14.5 Å². The van der Waals surface area contributed by atoms with E-state index in [1.165, 1.54) is 18.6 Å². The van der Waals surface area contributed by atoms with Crippen LogP contribution in [0.2, 0.25) is 0 Å². The number of carbonyl (C=O) groups excluding carboxylic acids is 1. The third-order valence-corrected chi connectivity index (χ3v) is 5.20. The molecule has 0 unspecified atom stereocenters. The summed E-state index contributed by atoms with van der Waals surface area (Å²) >= 11 is 1.54. The maximum absolute atomic E-state index is 13.2. The smallest absolute Gasteiger partial charge is 0.294 e. The molecule has 3 heterocycles. The molecule has 3 aromatic heterocycles. The molecular formula is C20H16N4O4S. The van der Waals surface area contributed by atoms with Crippen LogP contribution >= 0.6 is 11.3 Å². The number of amides is 1. The van der Waals surface area contributed by atoms with E-state index in [0.29, 0.717) is 18.0 Å². The molecule has 4 rings (SSSR count). The topological polar surface area (TPSA) is 94.4 Å². The van der Waals surface area contributed by atoms with Crippen molar-refractivity contribution >= 4 is 22.9 Å². The number of imidazole rings is 1. The Morgan fingerprint density at radius 1 is 1.24 bits per heavy atom. The minimum Gasteiger partial charge on any atom is -0.467 e. The maximum atomic E-state index is 13.2. The standard InChI is InChI=1S/C20H16N4O4S/c25-20(23(12-16-3-1-9-28-16)13-17-4-2-10-29-17)15-5-6-18(19(11-15)24(26)27)22-8-7-21-14-22/h1-11,14H,12-13H2. The number of hydrogen-bond acceptors (Lipinski definition) is 6. The zero-order chi connectivity index (χ0) is 20.2. The molecule has 29 heavy (non-hydrogen) atoms. The fraction of sp³-hybridized carbons (Fsp3) is 0.100. The van der Waals surface area contributed by atoms with Gasteiger partial charge >= 0.3 is 0 Å². The van der Waals surface area contributed by atoms with E-state index in [9.17, 15) is 14.9 Å². The first-order chi connectivity index (χ1) is 14.1. The molecule has 0 atom stereocenters. The van der Waals surface area contributed by atoms with Gasteiger partial charge in [-0.05, 0) is 35.7 Å². The van der Waals surface area contributed by atoms with E-state index in [4.69, 9.17) is 4.42 Å². The highest BCUT2D eigenvalue weighted by molar-refractivity contribution is 7.09. The van der Waals surface area contributed by atoms with Gasteiger partial charge in [-0.25, -0.2) is 4.98 Å². The van der Waals surface area contributed by atoms with Crippen LogP contribution in [0.5, 0.6) is 0 Å². The lowest BCUT2D eigenvalue weighted by molar-refractivity contribution is -0.384. The van der Waals surface area contributed by atoms with Gasteiger partial charge in [0, 0.05) is 28.9 Å². The van der Waals surface area contributed by atoms with E-state index in [1.54, 1.807) is 57.5 Å². The second-order valence-corrected chi connectivity index (χ2v) is 7.28. The molecule has 1 amide bonds. The SMILES string of the molecule is O=C(c1ccc(-n2ccnc2)c([N+](=O)[O-])c1)N(Cc1ccco1)Cc1cccs1. The van der Waals surface area contributed by atoms with Gasteiger partial charge in [-0.15, -0.1) is 11.3 Å². The summed E-state index contributed by atoms with van der Waals surface area (Å²) < 4.78 is 6.93. The molecule has 0 aliphatic heterocycles. The highest BCUT2D eigenvalue weighted by Crippen LogP contribution is 2.26. The third kappa shape index (κ3) is 4.09. The lowest BCUT2D eigenvalue weighted by atomic mass is 10.1. The van der Waals surface area contributed by atoms with Crippen LogP contribution < -0.4 is 0 Å². The molecule has 0 bridgehead atoms. The number of furan rings is 1. The van der Waals surface area contributed by atoms with Crippen molar-refractivity contribution in [1.29, 1.82) is 0 Å². The summed E-state index contributed by atoms with van der Waals surface area (Å²) in [5, 5.41) is 13.5. The molecule has 8 nitrogen and oxygen atoms in total. The van der Waals surface area contributed by atoms with Gasteiger partial charge in [0.1, 0.15) is 11.4 Å². The van der Waals surface area contributed by atoms with E-state index in [-0.39, 0.29) is 23.7 Å². The molecule has 0 aliphatic rings. The van der Waals surface area contributed by atoms with Crippen molar-refractivity contribution in [3.63, 3.8) is 0 Å². The number of benzene rings is 1. The van der Waals surface area contributed by atoms with Gasteiger partial charge in [0.25, 0.3) is 11.6 Å². The first-order valence-corrected chi connectivity index (χ1v) is 9.60. The van der Waals surface area contributed by atoms with Crippen molar-refractivity contribution in [2.45, 2.75) is 13.1 Å². The van der Waals surface area contributed by atoms with Crippen LogP contribution in [0.25, 0.3) is 5.69 Å². The molecule has 0 aliphatic carbocycles. The summed E-state index contributed by atoms with van der Waals surface area (Å²) in [6.07, 6.45) is 6.18. The summed E-state index contributed by atoms with van der Waals surface area (Å²) in [7, 11) is 0. The van der Waals surface area contributed by atoms with Crippen LogP contribution in [-0.2, 0) is 13.1 Å². The fourth-order valence-corrected chi connectivity index (χ4v) is 3.71. The van der Waals surface area contributed by atoms with E-state index >= 15 is 0 Å². The van der Waals surface area contributed by atoms with Crippen molar-refractivity contribution in [3.8, 4) is 5.69 Å². The second-order valence-electron chi connectivity index (χ2n) is 6.25. The monoisotopic (exact) mass is 408 g/mol. The number of nitro groups is 1. The van der Waals surface area contributed by atoms with Gasteiger partial charge < -0.3 is 13.9 Å². The van der Waals surface area contributed by atoms with Crippen molar-refractivity contribution in [3.05, 3.63) is 99.1 Å². The molecule has 0 spiro atoms. The van der Waals surface area contributed by atoms with Crippen molar-refractivity contribution in [2.24, 2.45) is 0 Å². The fourth-order valence-electron chi connectivity index (χ4n) is 2.99. The number of nitro benzene ring substituents is 1. The molecule has 4 aromatic rings. The maximum Gasteiger partial charge on any atom is 0.294 e. The summed E-state index contributed by atoms with van der Waals surface area (Å²) in [6.45, 7) is 0.648. The Labute approximate surface area is 169 Å². The van der Waals surface area contributed by atoms with Gasteiger partial charge in [-0.1, -0.05) is 6.07 Å². The van der Waals surface area contributed by atoms with Crippen LogP contribution in [0, 0.1) is 10.1 Å². The Bertz CT molecular complexity index is 1070. The van der Waals surface area contributed by atoms with E-state index in [1.807, 2.05) is 17.5 Å². The zero-order valence-electron chi connectivity index (χ0n) is 15.2. The average molecular weight is 408 g/mol. The highest BCUT2D eigenvalue weighted by atomic mass is 32.1. The Balaban J connectivity index is 1.67. The molecule has 0 saturated heterocycles. The number of rotatable bonds is 7. The number of hydrogen-bond donors (Lipinski definition) is 0. The van der Waals surface area contributed by atoms with Crippen LogP contribution in [0.15, 0.2) is 77.2 Å². The summed E-state index contributed by atoms with van der Waals surface area (Å²) in [6, 6.07) is 11.9. The number of nitrogens with zero attached hydrogens (tertiary/aromatic N) is 4. The first-order valence-electron chi connectivity index (χ1n) is 8.72.